The van der Waals surface area contributed by atoms with Crippen LogP contribution in [-0.2, 0) is 6.42 Å². The Bertz CT molecular complexity index is 344. The number of rotatable bonds is 2. The molecule has 0 bridgehead atoms. The van der Waals surface area contributed by atoms with Gasteiger partial charge >= 0.3 is 7.12 Å². The van der Waals surface area contributed by atoms with Gasteiger partial charge in [-0.25, -0.2) is 0 Å². The molecule has 2 N–H and O–H groups in total. The van der Waals surface area contributed by atoms with Crippen LogP contribution in [0.3, 0.4) is 0 Å². The van der Waals surface area contributed by atoms with E-state index in [9.17, 15) is 0 Å². The molecule has 1 aromatic rings. The fraction of sp³-hybridized carbons (Fsp3) is 0.111. The maximum atomic E-state index is 8.90. The first kappa shape index (κ1) is 10.3. The van der Waals surface area contributed by atoms with Gasteiger partial charge < -0.3 is 10.0 Å². The first-order chi connectivity index (χ1) is 6.15. The van der Waals surface area contributed by atoms with Crippen LogP contribution >= 0.6 is 15.9 Å². The van der Waals surface area contributed by atoms with Gasteiger partial charge in [0.2, 0.25) is 0 Å². The minimum atomic E-state index is -1.44. The second-order valence-electron chi connectivity index (χ2n) is 2.61. The summed E-state index contributed by atoms with van der Waals surface area (Å²) in [5.74, 6) is 2.50. The van der Waals surface area contributed by atoms with Crippen LogP contribution in [0.1, 0.15) is 5.56 Å². The number of terminal acetylenes is 1. The summed E-state index contributed by atoms with van der Waals surface area (Å²) in [6.45, 7) is 0. The highest BCUT2D eigenvalue weighted by Gasteiger charge is 2.11. The van der Waals surface area contributed by atoms with Gasteiger partial charge in [0.05, 0.1) is 0 Å². The Morgan fingerprint density at radius 3 is 2.69 bits per heavy atom. The van der Waals surface area contributed by atoms with E-state index in [0.29, 0.717) is 11.9 Å². The van der Waals surface area contributed by atoms with Gasteiger partial charge in [-0.15, -0.1) is 12.3 Å². The fourth-order valence-corrected chi connectivity index (χ4v) is 1.39. The highest BCUT2D eigenvalue weighted by Crippen LogP contribution is 2.15. The molecule has 13 heavy (non-hydrogen) atoms. The maximum absolute atomic E-state index is 8.90. The molecule has 0 fully saturated rings. The molecule has 4 heteroatoms. The van der Waals surface area contributed by atoms with Crippen LogP contribution in [0, 0.1) is 12.3 Å². The highest BCUT2D eigenvalue weighted by molar-refractivity contribution is 9.10. The normalized spacial score (nSPS) is 9.38. The van der Waals surface area contributed by atoms with Gasteiger partial charge in [-0.05, 0) is 17.1 Å². The van der Waals surface area contributed by atoms with Crippen molar-refractivity contribution < 1.29 is 10.0 Å². The number of hydrogen-bond acceptors (Lipinski definition) is 2. The lowest BCUT2D eigenvalue weighted by molar-refractivity contribution is 0.425. The van der Waals surface area contributed by atoms with E-state index in [0.717, 1.165) is 10.0 Å². The average Bonchev–Trinajstić information content (AvgIpc) is 2.08. The Balaban J connectivity index is 3.05. The van der Waals surface area contributed by atoms with Crippen molar-refractivity contribution in [3.05, 3.63) is 28.2 Å². The van der Waals surface area contributed by atoms with E-state index in [-0.39, 0.29) is 0 Å². The minimum Gasteiger partial charge on any atom is -0.423 e. The first-order valence-electron chi connectivity index (χ1n) is 3.73. The van der Waals surface area contributed by atoms with Gasteiger partial charge in [0.15, 0.2) is 0 Å². The third-order valence-corrected chi connectivity index (χ3v) is 2.43. The SMILES string of the molecule is C#CCc1cc(B(O)O)ccc1Br. The molecule has 1 rings (SSSR count). The van der Waals surface area contributed by atoms with Crippen LogP contribution in [0.4, 0.5) is 0 Å². The molecule has 0 aliphatic heterocycles. The van der Waals surface area contributed by atoms with Crippen molar-refractivity contribution in [2.45, 2.75) is 6.42 Å². The molecule has 0 saturated heterocycles. The Morgan fingerprint density at radius 1 is 1.46 bits per heavy atom. The lowest BCUT2D eigenvalue weighted by Crippen LogP contribution is -2.29. The highest BCUT2D eigenvalue weighted by atomic mass is 79.9. The molecule has 0 unspecified atom stereocenters. The molecule has 0 saturated carbocycles. The zero-order chi connectivity index (χ0) is 9.84. The summed E-state index contributed by atoms with van der Waals surface area (Å²) in [6, 6.07) is 5.06. The smallest absolute Gasteiger partial charge is 0.423 e. The molecule has 0 heterocycles. The van der Waals surface area contributed by atoms with Crippen LogP contribution in [-0.4, -0.2) is 17.2 Å². The van der Waals surface area contributed by atoms with Gasteiger partial charge in [-0.1, -0.05) is 28.1 Å². The number of halogens is 1. The summed E-state index contributed by atoms with van der Waals surface area (Å²) in [5, 5.41) is 17.8. The predicted molar refractivity (Wildman–Crippen MR) is 56.5 cm³/mol. The standard InChI is InChI=1S/C9H8BBrO2/c1-2-3-7-6-8(10(12)13)4-5-9(7)11/h1,4-6,12-13H,3H2. The van der Waals surface area contributed by atoms with Crippen LogP contribution in [0.25, 0.3) is 0 Å². The summed E-state index contributed by atoms with van der Waals surface area (Å²) in [5.41, 5.74) is 1.33. The Labute approximate surface area is 85.9 Å². The van der Waals surface area contributed by atoms with Crippen molar-refractivity contribution in [2.24, 2.45) is 0 Å². The van der Waals surface area contributed by atoms with Crippen molar-refractivity contribution >= 4 is 28.5 Å². The van der Waals surface area contributed by atoms with Crippen molar-refractivity contribution in [3.8, 4) is 12.3 Å². The summed E-state index contributed by atoms with van der Waals surface area (Å²) in [4.78, 5) is 0. The third kappa shape index (κ3) is 2.59. The van der Waals surface area contributed by atoms with Gasteiger partial charge in [0, 0.05) is 10.9 Å². The molecule has 1 aromatic carbocycles. The summed E-state index contributed by atoms with van der Waals surface area (Å²) in [6.07, 6.45) is 5.63. The fourth-order valence-electron chi connectivity index (χ4n) is 1.00. The van der Waals surface area contributed by atoms with E-state index >= 15 is 0 Å². The Kier molecular flexibility index (Phi) is 3.55. The largest absolute Gasteiger partial charge is 0.488 e. The molecule has 0 aliphatic rings. The molecule has 0 aromatic heterocycles. The summed E-state index contributed by atoms with van der Waals surface area (Å²) < 4.78 is 0.884. The van der Waals surface area contributed by atoms with Crippen molar-refractivity contribution in [2.75, 3.05) is 0 Å². The van der Waals surface area contributed by atoms with Crippen LogP contribution < -0.4 is 5.46 Å². The Hall–Kier alpha value is -0.755. The first-order valence-corrected chi connectivity index (χ1v) is 4.52. The molecule has 0 spiro atoms. The molecule has 2 nitrogen and oxygen atoms in total. The second kappa shape index (κ2) is 4.47. The summed E-state index contributed by atoms with van der Waals surface area (Å²) >= 11 is 3.32. The van der Waals surface area contributed by atoms with Crippen molar-refractivity contribution in [1.82, 2.24) is 0 Å². The third-order valence-electron chi connectivity index (χ3n) is 1.66. The zero-order valence-corrected chi connectivity index (χ0v) is 8.45. The molecule has 0 aliphatic carbocycles. The quantitative estimate of drug-likeness (QED) is 0.575. The van der Waals surface area contributed by atoms with E-state index in [1.807, 2.05) is 0 Å². The van der Waals surface area contributed by atoms with E-state index in [1.54, 1.807) is 18.2 Å². The molecule has 66 valence electrons. The van der Waals surface area contributed by atoms with Crippen LogP contribution in [0.5, 0.6) is 0 Å². The monoisotopic (exact) mass is 238 g/mol. The molecule has 0 amide bonds. The number of hydrogen-bond donors (Lipinski definition) is 2. The van der Waals surface area contributed by atoms with Crippen molar-refractivity contribution in [3.63, 3.8) is 0 Å². The molecule has 0 atom stereocenters. The summed E-state index contributed by atoms with van der Waals surface area (Å²) in [7, 11) is -1.44. The molecular weight excluding hydrogens is 231 g/mol. The lowest BCUT2D eigenvalue weighted by Gasteiger charge is -2.04. The maximum Gasteiger partial charge on any atom is 0.488 e. The molecular formula is C9H8BBrO2. The van der Waals surface area contributed by atoms with Crippen molar-refractivity contribution in [1.29, 1.82) is 0 Å². The minimum absolute atomic E-state index is 0.452. The van der Waals surface area contributed by atoms with Gasteiger partial charge in [0.1, 0.15) is 0 Å². The van der Waals surface area contributed by atoms with E-state index in [1.165, 1.54) is 0 Å². The van der Waals surface area contributed by atoms with Crippen LogP contribution in [0.15, 0.2) is 22.7 Å². The second-order valence-corrected chi connectivity index (χ2v) is 3.46. The van der Waals surface area contributed by atoms with E-state index in [4.69, 9.17) is 16.5 Å². The van der Waals surface area contributed by atoms with Gasteiger partial charge in [-0.3, -0.25) is 0 Å². The van der Waals surface area contributed by atoms with Gasteiger partial charge in [-0.2, -0.15) is 0 Å². The topological polar surface area (TPSA) is 40.5 Å². The predicted octanol–water partition coefficient (Wildman–Crippen LogP) is 0.305. The Morgan fingerprint density at radius 2 is 2.15 bits per heavy atom. The molecule has 0 radical (unpaired) electrons. The van der Waals surface area contributed by atoms with E-state index < -0.39 is 7.12 Å². The van der Waals surface area contributed by atoms with E-state index in [2.05, 4.69) is 21.9 Å². The zero-order valence-electron chi connectivity index (χ0n) is 6.87. The van der Waals surface area contributed by atoms with Crippen LogP contribution in [0.2, 0.25) is 0 Å². The van der Waals surface area contributed by atoms with Gasteiger partial charge in [0.25, 0.3) is 0 Å². The average molecular weight is 239 g/mol. The number of benzene rings is 1. The lowest BCUT2D eigenvalue weighted by atomic mass is 9.79.